The molecule has 5 rings (SSSR count). The molecule has 0 radical (unpaired) electrons. The Morgan fingerprint density at radius 2 is 2.00 bits per heavy atom. The third kappa shape index (κ3) is 4.36. The van der Waals surface area contributed by atoms with E-state index in [-0.39, 0.29) is 17.0 Å². The fraction of sp³-hybridized carbons (Fsp3) is 0.174. The van der Waals surface area contributed by atoms with Crippen LogP contribution in [0.5, 0.6) is 5.75 Å². The van der Waals surface area contributed by atoms with Crippen molar-refractivity contribution in [1.29, 1.82) is 0 Å². The number of fused-ring (bicyclic) bond motifs is 2. The van der Waals surface area contributed by atoms with Crippen LogP contribution in [0.1, 0.15) is 17.0 Å². The van der Waals surface area contributed by atoms with Crippen LogP contribution >= 0.6 is 11.6 Å². The average molecular weight is 499 g/mol. The number of hydrazone groups is 1. The highest BCUT2D eigenvalue weighted by molar-refractivity contribution is 6.32. The second kappa shape index (κ2) is 9.45. The molecule has 2 aromatic heterocycles. The van der Waals surface area contributed by atoms with Crippen molar-refractivity contribution in [3.05, 3.63) is 82.5 Å². The number of nitrogens with two attached hydrogens (primary N) is 2. The number of amidine groups is 1. The SMILES string of the molecule is N/N=C(\NN)c1ncc(CN2CCOc3c(Cl)cc(-n4ccc5c(F)c(F)ccc54)cc3C2)cn1. The van der Waals surface area contributed by atoms with E-state index in [4.69, 9.17) is 28.0 Å². The minimum absolute atomic E-state index is 0.177. The van der Waals surface area contributed by atoms with Crippen molar-refractivity contribution in [3.63, 3.8) is 0 Å². The van der Waals surface area contributed by atoms with Crippen molar-refractivity contribution in [3.8, 4) is 11.4 Å². The monoisotopic (exact) mass is 498 g/mol. The molecule has 2 aromatic carbocycles. The third-order valence-corrected chi connectivity index (χ3v) is 6.06. The van der Waals surface area contributed by atoms with E-state index in [1.54, 1.807) is 41.4 Å². The standard InChI is InChI=1S/C23H21ClF2N8O/c24-17-8-15(34-4-3-16-19(34)2-1-18(25)20(16)26)7-14-12-33(5-6-35-21(14)17)11-13-9-29-22(30-10-13)23(31-27)32-28/h1-4,7-10H,5-6,11-12,27-28H2,(H,31,32). The van der Waals surface area contributed by atoms with Crippen LogP contribution in [0.2, 0.25) is 5.02 Å². The van der Waals surface area contributed by atoms with Gasteiger partial charge in [0.05, 0.1) is 10.5 Å². The minimum Gasteiger partial charge on any atom is -0.490 e. The molecule has 180 valence electrons. The van der Waals surface area contributed by atoms with E-state index in [9.17, 15) is 8.78 Å². The Hall–Kier alpha value is -3.80. The maximum Gasteiger partial charge on any atom is 0.204 e. The van der Waals surface area contributed by atoms with Crippen LogP contribution in [-0.4, -0.2) is 38.4 Å². The Morgan fingerprint density at radius 1 is 1.20 bits per heavy atom. The largest absolute Gasteiger partial charge is 0.490 e. The Bertz CT molecular complexity index is 1420. The molecule has 0 bridgehead atoms. The zero-order valence-electron chi connectivity index (χ0n) is 18.4. The lowest BCUT2D eigenvalue weighted by molar-refractivity contribution is 0.219. The van der Waals surface area contributed by atoms with Crippen LogP contribution in [-0.2, 0) is 13.1 Å². The summed E-state index contributed by atoms with van der Waals surface area (Å²) in [5, 5.41) is 4.14. The van der Waals surface area contributed by atoms with Gasteiger partial charge in [0.1, 0.15) is 12.4 Å². The molecule has 4 aromatic rings. The molecule has 1 aliphatic heterocycles. The van der Waals surface area contributed by atoms with E-state index in [0.29, 0.717) is 42.5 Å². The van der Waals surface area contributed by atoms with Gasteiger partial charge in [0.15, 0.2) is 17.5 Å². The second-order valence-corrected chi connectivity index (χ2v) is 8.40. The fourth-order valence-corrected chi connectivity index (χ4v) is 4.43. The second-order valence-electron chi connectivity index (χ2n) is 7.99. The zero-order valence-corrected chi connectivity index (χ0v) is 19.1. The van der Waals surface area contributed by atoms with Crippen LogP contribution in [0.3, 0.4) is 0 Å². The molecule has 0 aliphatic carbocycles. The van der Waals surface area contributed by atoms with Crippen molar-refractivity contribution >= 4 is 28.3 Å². The molecular weight excluding hydrogens is 478 g/mol. The van der Waals surface area contributed by atoms with Gasteiger partial charge in [-0.05, 0) is 30.3 Å². The molecular formula is C23H21ClF2N8O. The van der Waals surface area contributed by atoms with Crippen LogP contribution < -0.4 is 21.8 Å². The molecule has 0 atom stereocenters. The molecule has 1 aliphatic rings. The number of rotatable bonds is 4. The van der Waals surface area contributed by atoms with E-state index in [1.807, 2.05) is 6.07 Å². The summed E-state index contributed by atoms with van der Waals surface area (Å²) < 4.78 is 35.6. The minimum atomic E-state index is -0.887. The number of hydrogen-bond acceptors (Lipinski definition) is 7. The number of halogens is 3. The van der Waals surface area contributed by atoms with Crippen molar-refractivity contribution in [2.24, 2.45) is 16.8 Å². The molecule has 0 spiro atoms. The Labute approximate surface area is 203 Å². The van der Waals surface area contributed by atoms with E-state index in [1.165, 1.54) is 0 Å². The van der Waals surface area contributed by atoms with E-state index in [0.717, 1.165) is 22.9 Å². The lowest BCUT2D eigenvalue weighted by Gasteiger charge is -2.19. The van der Waals surface area contributed by atoms with Gasteiger partial charge in [0.2, 0.25) is 5.84 Å². The first-order valence-electron chi connectivity index (χ1n) is 10.7. The van der Waals surface area contributed by atoms with Crippen molar-refractivity contribution in [2.45, 2.75) is 13.1 Å². The zero-order chi connectivity index (χ0) is 24.5. The summed E-state index contributed by atoms with van der Waals surface area (Å²) in [5.41, 5.74) is 5.35. The number of hydrogen-bond donors (Lipinski definition) is 3. The highest BCUT2D eigenvalue weighted by Gasteiger charge is 2.21. The van der Waals surface area contributed by atoms with Crippen LogP contribution in [0, 0.1) is 11.6 Å². The van der Waals surface area contributed by atoms with Crippen LogP contribution in [0.25, 0.3) is 16.6 Å². The topological polar surface area (TPSA) is 120 Å². The fourth-order valence-electron chi connectivity index (χ4n) is 4.14. The van der Waals surface area contributed by atoms with Gasteiger partial charge >= 0.3 is 0 Å². The molecule has 0 fully saturated rings. The number of nitrogens with zero attached hydrogens (tertiary/aromatic N) is 5. The van der Waals surface area contributed by atoms with E-state index >= 15 is 0 Å². The number of benzene rings is 2. The molecule has 9 nitrogen and oxygen atoms in total. The smallest absolute Gasteiger partial charge is 0.204 e. The lowest BCUT2D eigenvalue weighted by atomic mass is 10.1. The number of ether oxygens (including phenoxy) is 1. The van der Waals surface area contributed by atoms with Crippen LogP contribution in [0.4, 0.5) is 8.78 Å². The highest BCUT2D eigenvalue weighted by atomic mass is 35.5. The van der Waals surface area contributed by atoms with Crippen molar-refractivity contribution in [1.82, 2.24) is 24.9 Å². The van der Waals surface area contributed by atoms with E-state index in [2.05, 4.69) is 25.4 Å². The molecule has 3 heterocycles. The van der Waals surface area contributed by atoms with Crippen LogP contribution in [0.15, 0.2) is 54.0 Å². The predicted octanol–water partition coefficient (Wildman–Crippen LogP) is 2.83. The molecule has 0 amide bonds. The van der Waals surface area contributed by atoms with Gasteiger partial charge in [-0.25, -0.2) is 24.6 Å². The molecule has 12 heteroatoms. The van der Waals surface area contributed by atoms with Gasteiger partial charge in [0.25, 0.3) is 0 Å². The Morgan fingerprint density at radius 3 is 2.74 bits per heavy atom. The normalized spacial score (nSPS) is 14.5. The number of nitrogens with one attached hydrogen (secondary N) is 1. The first-order valence-corrected chi connectivity index (χ1v) is 11.0. The van der Waals surface area contributed by atoms with Gasteiger partial charge in [-0.2, -0.15) is 5.10 Å². The lowest BCUT2D eigenvalue weighted by Crippen LogP contribution is -2.33. The number of aromatic nitrogens is 3. The summed E-state index contributed by atoms with van der Waals surface area (Å²) in [7, 11) is 0. The van der Waals surface area contributed by atoms with Gasteiger partial charge in [-0.15, -0.1) is 0 Å². The third-order valence-electron chi connectivity index (χ3n) is 5.78. The molecule has 0 unspecified atom stereocenters. The summed E-state index contributed by atoms with van der Waals surface area (Å²) in [6, 6.07) is 7.90. The van der Waals surface area contributed by atoms with Gasteiger partial charge in [0, 0.05) is 60.4 Å². The molecule has 0 saturated carbocycles. The summed E-state index contributed by atoms with van der Waals surface area (Å²) in [4.78, 5) is 10.7. The quantitative estimate of drug-likeness (QED) is 0.171. The Balaban J connectivity index is 1.43. The summed E-state index contributed by atoms with van der Waals surface area (Å²) in [6.45, 7) is 2.21. The summed E-state index contributed by atoms with van der Waals surface area (Å²) in [6.07, 6.45) is 5.05. The van der Waals surface area contributed by atoms with Gasteiger partial charge in [-0.3, -0.25) is 4.90 Å². The first kappa shape index (κ1) is 23.0. The summed E-state index contributed by atoms with van der Waals surface area (Å²) in [5.74, 6) is 9.93. The summed E-state index contributed by atoms with van der Waals surface area (Å²) >= 11 is 6.58. The van der Waals surface area contributed by atoms with Crippen molar-refractivity contribution in [2.75, 3.05) is 13.2 Å². The maximum absolute atomic E-state index is 14.2. The highest BCUT2D eigenvalue weighted by Crippen LogP contribution is 2.36. The molecule has 35 heavy (non-hydrogen) atoms. The predicted molar refractivity (Wildman–Crippen MR) is 128 cm³/mol. The van der Waals surface area contributed by atoms with Crippen molar-refractivity contribution < 1.29 is 13.5 Å². The Kier molecular flexibility index (Phi) is 6.20. The molecule has 5 N–H and O–H groups in total. The van der Waals surface area contributed by atoms with E-state index < -0.39 is 11.6 Å². The van der Waals surface area contributed by atoms with Gasteiger partial charge in [-0.1, -0.05) is 11.6 Å². The average Bonchev–Trinajstić information content (AvgIpc) is 3.18. The first-order chi connectivity index (χ1) is 17.0. The maximum atomic E-state index is 14.2. The number of hydrazine groups is 1. The van der Waals surface area contributed by atoms with Gasteiger partial charge < -0.3 is 20.6 Å². The molecule has 0 saturated heterocycles.